The van der Waals surface area contributed by atoms with Gasteiger partial charge in [0.05, 0.1) is 0 Å². The largest absolute Gasteiger partial charge is 0.322 e. The fraction of sp³-hybridized carbons (Fsp3) is 0.833. The fourth-order valence-electron chi connectivity index (χ4n) is 3.87. The fourth-order valence-corrected chi connectivity index (χ4v) is 3.87. The molecule has 2 N–H and O–H groups in total. The molecule has 0 aromatic heterocycles. The maximum absolute atomic E-state index is 12.2. The van der Waals surface area contributed by atoms with Gasteiger partial charge in [0.1, 0.15) is 5.54 Å². The molecule has 3 fully saturated rings. The van der Waals surface area contributed by atoms with E-state index in [-0.39, 0.29) is 23.8 Å². The molecule has 2 unspecified atom stereocenters. The van der Waals surface area contributed by atoms with Crippen molar-refractivity contribution in [3.63, 3.8) is 0 Å². The third-order valence-corrected chi connectivity index (χ3v) is 4.68. The minimum absolute atomic E-state index is 0.119. The number of nitrogens with zero attached hydrogens (tertiary/aromatic N) is 2. The van der Waals surface area contributed by atoms with Gasteiger partial charge in [-0.25, -0.2) is 4.79 Å². The van der Waals surface area contributed by atoms with Gasteiger partial charge in [0.25, 0.3) is 5.91 Å². The van der Waals surface area contributed by atoms with Crippen molar-refractivity contribution in [2.45, 2.75) is 12.5 Å². The van der Waals surface area contributed by atoms with Crippen LogP contribution in [0.3, 0.4) is 0 Å². The van der Waals surface area contributed by atoms with E-state index >= 15 is 0 Å². The summed E-state index contributed by atoms with van der Waals surface area (Å²) in [6.07, 6.45) is 0. The summed E-state index contributed by atoms with van der Waals surface area (Å²) in [6.45, 7) is 6.63. The molecule has 2 bridgehead atoms. The summed E-state index contributed by atoms with van der Waals surface area (Å²) < 4.78 is 0. The van der Waals surface area contributed by atoms with Crippen LogP contribution in [0.4, 0.5) is 4.79 Å². The van der Waals surface area contributed by atoms with Crippen molar-refractivity contribution in [3.05, 3.63) is 0 Å². The Bertz CT molecular complexity index is 382. The summed E-state index contributed by atoms with van der Waals surface area (Å²) in [7, 11) is 2.09. The minimum Gasteiger partial charge on any atom is -0.322 e. The SMILES string of the molecule is CCN1CC2CN(C)CC(C1)C21NC(=O)NC1=O. The molecule has 6 nitrogen and oxygen atoms in total. The first-order valence-electron chi connectivity index (χ1n) is 6.60. The van der Waals surface area contributed by atoms with Crippen molar-refractivity contribution in [2.75, 3.05) is 39.8 Å². The molecule has 3 heterocycles. The van der Waals surface area contributed by atoms with Crippen LogP contribution in [0.5, 0.6) is 0 Å². The van der Waals surface area contributed by atoms with Crippen LogP contribution in [-0.2, 0) is 4.79 Å². The highest BCUT2D eigenvalue weighted by molar-refractivity contribution is 6.07. The van der Waals surface area contributed by atoms with Crippen LogP contribution in [-0.4, -0.2) is 67.0 Å². The molecule has 0 aromatic rings. The standard InChI is InChI=1S/C12H20N4O2/c1-3-16-6-8-4-15(2)5-9(7-16)12(8)10(17)13-11(18)14-12/h8-9H,3-7H2,1-2H3,(H2,13,14,17,18). The second-order valence-electron chi connectivity index (χ2n) is 5.74. The maximum atomic E-state index is 12.2. The second-order valence-corrected chi connectivity index (χ2v) is 5.74. The van der Waals surface area contributed by atoms with Crippen LogP contribution in [0, 0.1) is 11.8 Å². The quantitative estimate of drug-likeness (QED) is 0.592. The van der Waals surface area contributed by atoms with Crippen molar-refractivity contribution < 1.29 is 9.59 Å². The van der Waals surface area contributed by atoms with Gasteiger partial charge < -0.3 is 15.1 Å². The molecule has 0 radical (unpaired) electrons. The summed E-state index contributed by atoms with van der Waals surface area (Å²) in [4.78, 5) is 28.4. The predicted molar refractivity (Wildman–Crippen MR) is 66.0 cm³/mol. The molecule has 100 valence electrons. The first kappa shape index (κ1) is 11.9. The molecule has 1 spiro atoms. The first-order chi connectivity index (χ1) is 8.56. The van der Waals surface area contributed by atoms with E-state index in [0.717, 1.165) is 32.7 Å². The Morgan fingerprint density at radius 1 is 1.22 bits per heavy atom. The zero-order valence-electron chi connectivity index (χ0n) is 10.9. The topological polar surface area (TPSA) is 64.7 Å². The third kappa shape index (κ3) is 1.48. The number of imide groups is 1. The minimum atomic E-state index is -0.657. The van der Waals surface area contributed by atoms with Gasteiger partial charge >= 0.3 is 6.03 Å². The Hall–Kier alpha value is -1.14. The molecule has 3 rings (SSSR count). The van der Waals surface area contributed by atoms with Gasteiger partial charge in [-0.1, -0.05) is 6.92 Å². The van der Waals surface area contributed by atoms with E-state index < -0.39 is 5.54 Å². The van der Waals surface area contributed by atoms with E-state index in [9.17, 15) is 9.59 Å². The Morgan fingerprint density at radius 3 is 2.28 bits per heavy atom. The summed E-state index contributed by atoms with van der Waals surface area (Å²) in [5, 5.41) is 5.36. The number of likely N-dealkylation sites (tertiary alicyclic amines) is 2. The number of amides is 3. The molecule has 0 aliphatic carbocycles. The third-order valence-electron chi connectivity index (χ3n) is 4.68. The number of hydrogen-bond donors (Lipinski definition) is 2. The summed E-state index contributed by atoms with van der Waals surface area (Å²) >= 11 is 0. The van der Waals surface area contributed by atoms with Crippen molar-refractivity contribution in [3.8, 4) is 0 Å². The molecule has 0 saturated carbocycles. The number of carbonyl (C=O) groups excluding carboxylic acids is 2. The van der Waals surface area contributed by atoms with Crippen LogP contribution in [0.15, 0.2) is 0 Å². The molecule has 3 amide bonds. The Labute approximate surface area is 107 Å². The number of hydrogen-bond acceptors (Lipinski definition) is 4. The lowest BCUT2D eigenvalue weighted by atomic mass is 9.67. The Balaban J connectivity index is 1.96. The number of piperidine rings is 2. The monoisotopic (exact) mass is 252 g/mol. The van der Waals surface area contributed by atoms with Crippen molar-refractivity contribution in [1.29, 1.82) is 0 Å². The lowest BCUT2D eigenvalue weighted by Crippen LogP contribution is -2.73. The van der Waals surface area contributed by atoms with Gasteiger partial charge in [-0.3, -0.25) is 10.1 Å². The lowest BCUT2D eigenvalue weighted by Gasteiger charge is -2.54. The molecule has 3 aliphatic rings. The molecule has 3 aliphatic heterocycles. The van der Waals surface area contributed by atoms with E-state index in [4.69, 9.17) is 0 Å². The van der Waals surface area contributed by atoms with E-state index in [2.05, 4.69) is 34.4 Å². The van der Waals surface area contributed by atoms with Crippen LogP contribution in [0.25, 0.3) is 0 Å². The van der Waals surface area contributed by atoms with Crippen LogP contribution < -0.4 is 10.6 Å². The Kier molecular flexibility index (Phi) is 2.60. The Morgan fingerprint density at radius 2 is 1.83 bits per heavy atom. The molecular weight excluding hydrogens is 232 g/mol. The van der Waals surface area contributed by atoms with E-state index in [1.165, 1.54) is 0 Å². The van der Waals surface area contributed by atoms with Gasteiger partial charge in [0.2, 0.25) is 0 Å². The molecular formula is C12H20N4O2. The van der Waals surface area contributed by atoms with Crippen LogP contribution in [0.2, 0.25) is 0 Å². The highest BCUT2D eigenvalue weighted by atomic mass is 16.2. The van der Waals surface area contributed by atoms with Crippen LogP contribution >= 0.6 is 0 Å². The normalized spacial score (nSPS) is 41.0. The molecule has 6 heteroatoms. The van der Waals surface area contributed by atoms with Gasteiger partial charge in [0.15, 0.2) is 0 Å². The average molecular weight is 252 g/mol. The first-order valence-corrected chi connectivity index (χ1v) is 6.60. The van der Waals surface area contributed by atoms with E-state index in [1.807, 2.05) is 0 Å². The van der Waals surface area contributed by atoms with Gasteiger partial charge in [-0.2, -0.15) is 0 Å². The molecule has 18 heavy (non-hydrogen) atoms. The zero-order valence-corrected chi connectivity index (χ0v) is 10.9. The number of nitrogens with one attached hydrogen (secondary N) is 2. The summed E-state index contributed by atoms with van der Waals surface area (Å²) in [5.41, 5.74) is -0.657. The average Bonchev–Trinajstić information content (AvgIpc) is 2.57. The number of carbonyl (C=O) groups is 2. The highest BCUT2D eigenvalue weighted by Gasteiger charge is 2.61. The van der Waals surface area contributed by atoms with Crippen LogP contribution in [0.1, 0.15) is 6.92 Å². The highest BCUT2D eigenvalue weighted by Crippen LogP contribution is 2.39. The second kappa shape index (κ2) is 3.93. The van der Waals surface area contributed by atoms with Gasteiger partial charge in [0, 0.05) is 38.0 Å². The zero-order chi connectivity index (χ0) is 12.9. The van der Waals surface area contributed by atoms with E-state index in [0.29, 0.717) is 0 Å². The number of urea groups is 1. The lowest BCUT2D eigenvalue weighted by molar-refractivity contribution is -0.136. The predicted octanol–water partition coefficient (Wildman–Crippen LogP) is -0.922. The molecule has 0 aromatic carbocycles. The molecule has 3 saturated heterocycles. The van der Waals surface area contributed by atoms with Crippen molar-refractivity contribution in [1.82, 2.24) is 20.4 Å². The summed E-state index contributed by atoms with van der Waals surface area (Å²) in [5.74, 6) is 0.245. The maximum Gasteiger partial charge on any atom is 0.322 e. The smallest absolute Gasteiger partial charge is 0.322 e. The van der Waals surface area contributed by atoms with E-state index in [1.54, 1.807) is 0 Å². The van der Waals surface area contributed by atoms with Gasteiger partial charge in [-0.05, 0) is 13.6 Å². The number of rotatable bonds is 1. The molecule has 2 atom stereocenters. The summed E-state index contributed by atoms with van der Waals surface area (Å²) in [6, 6.07) is -0.329. The van der Waals surface area contributed by atoms with Crippen molar-refractivity contribution >= 4 is 11.9 Å². The van der Waals surface area contributed by atoms with Gasteiger partial charge in [-0.15, -0.1) is 0 Å². The van der Waals surface area contributed by atoms with Crippen molar-refractivity contribution in [2.24, 2.45) is 11.8 Å².